The van der Waals surface area contributed by atoms with Gasteiger partial charge in [0.25, 0.3) is 11.1 Å². The van der Waals surface area contributed by atoms with Crippen LogP contribution in [0.1, 0.15) is 22.5 Å². The number of phenolic OH excluding ortho intramolecular Hbond substituents is 1. The van der Waals surface area contributed by atoms with E-state index in [1.54, 1.807) is 48.5 Å². The lowest BCUT2D eigenvalue weighted by molar-refractivity contribution is -0.123. The minimum Gasteiger partial charge on any atom is -0.508 e. The molecular weight excluding hydrogens is 403 g/mol. The van der Waals surface area contributed by atoms with E-state index in [0.717, 1.165) is 39.3 Å². The van der Waals surface area contributed by atoms with Crippen LogP contribution in [0.25, 0.3) is 11.8 Å². The summed E-state index contributed by atoms with van der Waals surface area (Å²) in [6.45, 7) is 3.78. The van der Waals surface area contributed by atoms with E-state index in [1.807, 2.05) is 24.5 Å². The Morgan fingerprint density at radius 1 is 1.07 bits per heavy atom. The van der Waals surface area contributed by atoms with E-state index in [2.05, 4.69) is 0 Å². The Hall–Kier alpha value is -3.32. The first-order valence-corrected chi connectivity index (χ1v) is 10.1. The van der Waals surface area contributed by atoms with Crippen LogP contribution in [0.5, 0.6) is 5.75 Å². The Morgan fingerprint density at radius 3 is 2.47 bits per heavy atom. The number of halogens is 1. The summed E-state index contributed by atoms with van der Waals surface area (Å²) in [7, 11) is 0. The van der Waals surface area contributed by atoms with E-state index < -0.39 is 17.0 Å². The fraction of sp³-hybridized carbons (Fsp3) is 0.130. The largest absolute Gasteiger partial charge is 0.508 e. The molecule has 2 amide bonds. The van der Waals surface area contributed by atoms with Crippen molar-refractivity contribution >= 4 is 29.0 Å². The van der Waals surface area contributed by atoms with Crippen LogP contribution < -0.4 is 0 Å². The molecule has 1 saturated heterocycles. The Morgan fingerprint density at radius 2 is 1.77 bits per heavy atom. The topological polar surface area (TPSA) is 62.5 Å². The molecule has 1 N–H and O–H groups in total. The van der Waals surface area contributed by atoms with Gasteiger partial charge < -0.3 is 9.67 Å². The van der Waals surface area contributed by atoms with Gasteiger partial charge >= 0.3 is 0 Å². The summed E-state index contributed by atoms with van der Waals surface area (Å²) < 4.78 is 15.9. The number of phenols is 1. The predicted molar refractivity (Wildman–Crippen MR) is 115 cm³/mol. The number of hydrogen-bond acceptors (Lipinski definition) is 4. The maximum Gasteiger partial charge on any atom is 0.293 e. The van der Waals surface area contributed by atoms with Gasteiger partial charge in [0.15, 0.2) is 0 Å². The minimum atomic E-state index is -0.446. The van der Waals surface area contributed by atoms with Gasteiger partial charge in [-0.25, -0.2) is 4.39 Å². The monoisotopic (exact) mass is 422 g/mol. The highest BCUT2D eigenvalue weighted by Crippen LogP contribution is 2.35. The molecule has 30 heavy (non-hydrogen) atoms. The van der Waals surface area contributed by atoms with Crippen molar-refractivity contribution < 1.29 is 19.1 Å². The third-order valence-corrected chi connectivity index (χ3v) is 5.93. The lowest BCUT2D eigenvalue weighted by atomic mass is 10.2. The van der Waals surface area contributed by atoms with Gasteiger partial charge in [-0.15, -0.1) is 0 Å². The van der Waals surface area contributed by atoms with Gasteiger partial charge in [0.05, 0.1) is 11.4 Å². The van der Waals surface area contributed by atoms with Gasteiger partial charge in [0.1, 0.15) is 11.6 Å². The molecule has 2 aromatic carbocycles. The number of imide groups is 1. The molecule has 0 aliphatic carbocycles. The normalized spacial score (nSPS) is 15.4. The number of benzene rings is 2. The van der Waals surface area contributed by atoms with Crippen molar-refractivity contribution in [1.82, 2.24) is 9.47 Å². The zero-order chi connectivity index (χ0) is 21.4. The molecular formula is C23H19FN2O3S. The first-order chi connectivity index (χ1) is 14.3. The standard InChI is InChI=1S/C23H19FN2O3S/c1-14-11-17(15(2)26(14)18-7-9-19(27)10-8-18)12-21-22(28)25(23(29)30-21)13-16-5-3-4-6-20(16)24/h3-12,27H,13H2,1-2H3/b21-12-. The molecule has 1 fully saturated rings. The molecule has 0 bridgehead atoms. The summed E-state index contributed by atoms with van der Waals surface area (Å²) in [5.41, 5.74) is 3.85. The van der Waals surface area contributed by atoms with Crippen LogP contribution in [0.2, 0.25) is 0 Å². The lowest BCUT2D eigenvalue weighted by Gasteiger charge is -2.12. The molecule has 2 heterocycles. The first kappa shape index (κ1) is 20.0. The second-order valence-corrected chi connectivity index (χ2v) is 8.03. The molecule has 1 aliphatic rings. The van der Waals surface area contributed by atoms with Crippen LogP contribution in [0.15, 0.2) is 59.5 Å². The van der Waals surface area contributed by atoms with Gasteiger partial charge in [0.2, 0.25) is 0 Å². The van der Waals surface area contributed by atoms with Crippen LogP contribution >= 0.6 is 11.8 Å². The van der Waals surface area contributed by atoms with Gasteiger partial charge in [-0.05, 0) is 73.6 Å². The Bertz CT molecular complexity index is 1180. The predicted octanol–water partition coefficient (Wildman–Crippen LogP) is 5.18. The molecule has 1 aromatic heterocycles. The summed E-state index contributed by atoms with van der Waals surface area (Å²) in [5.74, 6) is -0.689. The second-order valence-electron chi connectivity index (χ2n) is 7.04. The van der Waals surface area contributed by atoms with Gasteiger partial charge in [0, 0.05) is 22.6 Å². The molecule has 7 heteroatoms. The number of carbonyl (C=O) groups excluding carboxylic acids is 2. The van der Waals surface area contributed by atoms with Crippen LogP contribution in [-0.2, 0) is 11.3 Å². The Kier molecular flexibility index (Phi) is 5.22. The van der Waals surface area contributed by atoms with E-state index >= 15 is 0 Å². The minimum absolute atomic E-state index is 0.0960. The van der Waals surface area contributed by atoms with Crippen LogP contribution in [-0.4, -0.2) is 25.7 Å². The second kappa shape index (κ2) is 7.84. The van der Waals surface area contributed by atoms with E-state index in [1.165, 1.54) is 6.07 Å². The molecule has 4 rings (SSSR count). The fourth-order valence-electron chi connectivity index (χ4n) is 3.51. The van der Waals surface area contributed by atoms with Crippen molar-refractivity contribution in [2.24, 2.45) is 0 Å². The third kappa shape index (κ3) is 3.64. The molecule has 1 aliphatic heterocycles. The number of thioether (sulfide) groups is 1. The van der Waals surface area contributed by atoms with E-state index in [0.29, 0.717) is 10.5 Å². The van der Waals surface area contributed by atoms with E-state index in [4.69, 9.17) is 0 Å². The smallest absolute Gasteiger partial charge is 0.293 e. The van der Waals surface area contributed by atoms with E-state index in [-0.39, 0.29) is 12.3 Å². The number of aromatic hydroxyl groups is 1. The molecule has 0 spiro atoms. The molecule has 3 aromatic rings. The van der Waals surface area contributed by atoms with Gasteiger partial charge in [-0.2, -0.15) is 0 Å². The molecule has 152 valence electrons. The number of hydrogen-bond donors (Lipinski definition) is 1. The number of aryl methyl sites for hydroxylation is 1. The van der Waals surface area contributed by atoms with Crippen molar-refractivity contribution in [1.29, 1.82) is 0 Å². The summed E-state index contributed by atoms with van der Waals surface area (Å²) in [6.07, 6.45) is 1.70. The summed E-state index contributed by atoms with van der Waals surface area (Å²) in [5, 5.41) is 9.10. The average molecular weight is 422 g/mol. The van der Waals surface area contributed by atoms with Crippen molar-refractivity contribution in [3.8, 4) is 11.4 Å². The highest BCUT2D eigenvalue weighted by molar-refractivity contribution is 8.18. The SMILES string of the molecule is Cc1cc(/C=C2\SC(=O)N(Cc3ccccc3F)C2=O)c(C)n1-c1ccc(O)cc1. The summed E-state index contributed by atoms with van der Waals surface area (Å²) >= 11 is 0.857. The maximum absolute atomic E-state index is 13.9. The van der Waals surface area contributed by atoms with Crippen LogP contribution in [0.4, 0.5) is 9.18 Å². The average Bonchev–Trinajstić information content (AvgIpc) is 3.14. The van der Waals surface area contributed by atoms with Gasteiger partial charge in [-0.1, -0.05) is 18.2 Å². The van der Waals surface area contributed by atoms with Crippen molar-refractivity contribution in [2.75, 3.05) is 0 Å². The number of amides is 2. The van der Waals surface area contributed by atoms with Crippen LogP contribution in [0.3, 0.4) is 0 Å². The van der Waals surface area contributed by atoms with E-state index in [9.17, 15) is 19.1 Å². The third-order valence-electron chi connectivity index (χ3n) is 5.02. The number of rotatable bonds is 4. The van der Waals surface area contributed by atoms with Crippen molar-refractivity contribution in [2.45, 2.75) is 20.4 Å². The van der Waals surface area contributed by atoms with Crippen molar-refractivity contribution in [3.05, 3.63) is 87.8 Å². The highest BCUT2D eigenvalue weighted by Gasteiger charge is 2.35. The quantitative estimate of drug-likeness (QED) is 0.589. The zero-order valence-corrected chi connectivity index (χ0v) is 17.2. The van der Waals surface area contributed by atoms with Crippen LogP contribution in [0, 0.1) is 19.7 Å². The number of aromatic nitrogens is 1. The molecule has 0 radical (unpaired) electrons. The first-order valence-electron chi connectivity index (χ1n) is 9.32. The Labute approximate surface area is 177 Å². The molecule has 0 unspecified atom stereocenters. The molecule has 5 nitrogen and oxygen atoms in total. The Balaban J connectivity index is 1.63. The summed E-state index contributed by atoms with van der Waals surface area (Å²) in [4.78, 5) is 26.6. The maximum atomic E-state index is 13.9. The van der Waals surface area contributed by atoms with Crippen molar-refractivity contribution in [3.63, 3.8) is 0 Å². The highest BCUT2D eigenvalue weighted by atomic mass is 32.2. The molecule has 0 saturated carbocycles. The summed E-state index contributed by atoms with van der Waals surface area (Å²) in [6, 6.07) is 14.9. The number of nitrogens with zero attached hydrogens (tertiary/aromatic N) is 2. The number of carbonyl (C=O) groups is 2. The molecule has 0 atom stereocenters. The van der Waals surface area contributed by atoms with Gasteiger partial charge in [-0.3, -0.25) is 14.5 Å². The lowest BCUT2D eigenvalue weighted by Crippen LogP contribution is -2.27. The zero-order valence-electron chi connectivity index (χ0n) is 16.4. The fourth-order valence-corrected chi connectivity index (χ4v) is 4.34.